The lowest BCUT2D eigenvalue weighted by Gasteiger charge is -2.06. The summed E-state index contributed by atoms with van der Waals surface area (Å²) in [6, 6.07) is 12.5. The topological polar surface area (TPSA) is 77.5 Å². The summed E-state index contributed by atoms with van der Waals surface area (Å²) in [5.74, 6) is 0.493. The molecule has 0 saturated heterocycles. The van der Waals surface area contributed by atoms with Crippen LogP contribution >= 0.6 is 11.3 Å². The van der Waals surface area contributed by atoms with Crippen LogP contribution in [-0.4, -0.2) is 17.5 Å². The largest absolute Gasteiger partial charge is 0.463 e. The molecule has 0 radical (unpaired) electrons. The number of nitrogens with zero attached hydrogens (tertiary/aromatic N) is 1. The molecule has 0 saturated carbocycles. The average molecular weight is 402 g/mol. The summed E-state index contributed by atoms with van der Waals surface area (Å²) < 4.78 is 39.9. The van der Waals surface area contributed by atoms with Crippen molar-refractivity contribution < 1.29 is 27.1 Å². The van der Waals surface area contributed by atoms with Crippen molar-refractivity contribution >= 4 is 22.4 Å². The molecule has 0 unspecified atom stereocenters. The smallest absolute Gasteiger partial charge is 0.387 e. The molecular formula is C19H12F2N2O4S. The van der Waals surface area contributed by atoms with E-state index in [0.717, 1.165) is 0 Å². The van der Waals surface area contributed by atoms with E-state index in [2.05, 4.69) is 15.0 Å². The zero-order valence-electron chi connectivity index (χ0n) is 14.1. The molecule has 4 rings (SSSR count). The quantitative estimate of drug-likeness (QED) is 0.460. The third-order valence-electron chi connectivity index (χ3n) is 3.67. The van der Waals surface area contributed by atoms with Gasteiger partial charge < -0.3 is 13.6 Å². The molecule has 3 heterocycles. The molecule has 0 aliphatic rings. The number of hydrogen-bond donors (Lipinski definition) is 1. The Kier molecular flexibility index (Phi) is 4.90. The second-order valence-corrected chi connectivity index (χ2v) is 6.51. The van der Waals surface area contributed by atoms with E-state index in [0.29, 0.717) is 27.2 Å². The Morgan fingerprint density at radius 1 is 1.07 bits per heavy atom. The molecule has 0 bridgehead atoms. The Labute approximate surface area is 161 Å². The number of carbonyl (C=O) groups excluding carboxylic acids is 1. The van der Waals surface area contributed by atoms with Crippen LogP contribution in [0.15, 0.2) is 69.9 Å². The molecule has 3 aromatic heterocycles. The lowest BCUT2D eigenvalue weighted by atomic mass is 10.2. The first-order valence-corrected chi connectivity index (χ1v) is 8.86. The molecule has 142 valence electrons. The Hall–Kier alpha value is -3.46. The molecule has 6 nitrogen and oxygen atoms in total. The highest BCUT2D eigenvalue weighted by atomic mass is 32.1. The molecule has 0 aliphatic carbocycles. The average Bonchev–Trinajstić information content (AvgIpc) is 3.42. The number of thiazole rings is 1. The first kappa shape index (κ1) is 17.9. The normalized spacial score (nSPS) is 11.0. The van der Waals surface area contributed by atoms with Gasteiger partial charge in [0, 0.05) is 5.56 Å². The Morgan fingerprint density at radius 2 is 1.82 bits per heavy atom. The van der Waals surface area contributed by atoms with Gasteiger partial charge in [-0.3, -0.25) is 10.1 Å². The van der Waals surface area contributed by atoms with Crippen molar-refractivity contribution in [2.45, 2.75) is 6.61 Å². The molecule has 9 heteroatoms. The number of halogens is 2. The number of alkyl halides is 2. The molecule has 1 aromatic carbocycles. The standard InChI is InChI=1S/C19H12F2N2O4S/c20-18(21)27-12-5-1-4-11(10-12)17(24)23-19-22-15(13-6-2-8-25-13)16(28-19)14-7-3-9-26-14/h1-10,18H,(H,22,23,24). The first-order chi connectivity index (χ1) is 13.6. The van der Waals surface area contributed by atoms with Crippen molar-refractivity contribution in [3.63, 3.8) is 0 Å². The number of carbonyl (C=O) groups is 1. The predicted octanol–water partition coefficient (Wildman–Crippen LogP) is 5.52. The lowest BCUT2D eigenvalue weighted by Crippen LogP contribution is -2.12. The zero-order chi connectivity index (χ0) is 19.5. The number of hydrogen-bond acceptors (Lipinski definition) is 6. The van der Waals surface area contributed by atoms with Gasteiger partial charge in [-0.15, -0.1) is 0 Å². The molecule has 0 fully saturated rings. The van der Waals surface area contributed by atoms with Gasteiger partial charge >= 0.3 is 6.61 Å². The molecule has 28 heavy (non-hydrogen) atoms. The van der Waals surface area contributed by atoms with E-state index in [1.807, 2.05) is 0 Å². The van der Waals surface area contributed by atoms with Crippen LogP contribution in [0.2, 0.25) is 0 Å². The van der Waals surface area contributed by atoms with Gasteiger partial charge in [-0.05, 0) is 42.5 Å². The fourth-order valence-corrected chi connectivity index (χ4v) is 3.45. The van der Waals surface area contributed by atoms with Gasteiger partial charge in [0.25, 0.3) is 5.91 Å². The maximum absolute atomic E-state index is 12.5. The number of amides is 1. The SMILES string of the molecule is O=C(Nc1nc(-c2ccco2)c(-c2ccco2)s1)c1cccc(OC(F)F)c1. The van der Waals surface area contributed by atoms with Crippen molar-refractivity contribution in [2.24, 2.45) is 0 Å². The van der Waals surface area contributed by atoms with E-state index in [1.165, 1.54) is 48.1 Å². The highest BCUT2D eigenvalue weighted by molar-refractivity contribution is 7.19. The lowest BCUT2D eigenvalue weighted by molar-refractivity contribution is -0.0498. The minimum atomic E-state index is -2.97. The van der Waals surface area contributed by atoms with Crippen molar-refractivity contribution in [3.05, 3.63) is 66.6 Å². The van der Waals surface area contributed by atoms with Crippen LogP contribution in [-0.2, 0) is 0 Å². The molecule has 0 spiro atoms. The van der Waals surface area contributed by atoms with Crippen LogP contribution in [0, 0.1) is 0 Å². The van der Waals surface area contributed by atoms with Crippen LogP contribution in [0.3, 0.4) is 0 Å². The Morgan fingerprint density at radius 3 is 2.50 bits per heavy atom. The predicted molar refractivity (Wildman–Crippen MR) is 98.5 cm³/mol. The van der Waals surface area contributed by atoms with E-state index in [9.17, 15) is 13.6 Å². The monoisotopic (exact) mass is 402 g/mol. The van der Waals surface area contributed by atoms with E-state index >= 15 is 0 Å². The summed E-state index contributed by atoms with van der Waals surface area (Å²) in [4.78, 5) is 17.6. The van der Waals surface area contributed by atoms with Crippen LogP contribution in [0.1, 0.15) is 10.4 Å². The minimum Gasteiger partial charge on any atom is -0.463 e. The van der Waals surface area contributed by atoms with E-state index in [-0.39, 0.29) is 11.3 Å². The van der Waals surface area contributed by atoms with E-state index in [4.69, 9.17) is 8.83 Å². The number of aromatic nitrogens is 1. The van der Waals surface area contributed by atoms with Gasteiger partial charge in [0.1, 0.15) is 22.1 Å². The van der Waals surface area contributed by atoms with Crippen LogP contribution < -0.4 is 10.1 Å². The second kappa shape index (κ2) is 7.65. The summed E-state index contributed by atoms with van der Waals surface area (Å²) >= 11 is 1.21. The number of nitrogens with one attached hydrogen (secondary N) is 1. The maximum Gasteiger partial charge on any atom is 0.387 e. The third-order valence-corrected chi connectivity index (χ3v) is 4.65. The molecule has 1 amide bonds. The van der Waals surface area contributed by atoms with Crippen molar-refractivity contribution in [1.82, 2.24) is 4.98 Å². The van der Waals surface area contributed by atoms with Gasteiger partial charge in [0.15, 0.2) is 10.9 Å². The van der Waals surface area contributed by atoms with Crippen LogP contribution in [0.25, 0.3) is 22.1 Å². The second-order valence-electron chi connectivity index (χ2n) is 5.51. The molecule has 4 aromatic rings. The fourth-order valence-electron chi connectivity index (χ4n) is 2.51. The molecular weight excluding hydrogens is 390 g/mol. The van der Waals surface area contributed by atoms with Gasteiger partial charge in [-0.25, -0.2) is 4.98 Å². The Bertz CT molecular complexity index is 1020. The number of rotatable bonds is 6. The summed E-state index contributed by atoms with van der Waals surface area (Å²) in [7, 11) is 0. The number of benzene rings is 1. The highest BCUT2D eigenvalue weighted by Crippen LogP contribution is 2.39. The van der Waals surface area contributed by atoms with E-state index in [1.54, 1.807) is 24.3 Å². The fraction of sp³-hybridized carbons (Fsp3) is 0.0526. The minimum absolute atomic E-state index is 0.102. The summed E-state index contributed by atoms with van der Waals surface area (Å²) in [6.45, 7) is -2.97. The van der Waals surface area contributed by atoms with Gasteiger partial charge in [0.05, 0.1) is 12.5 Å². The molecule has 0 aliphatic heterocycles. The van der Waals surface area contributed by atoms with Gasteiger partial charge in [0.2, 0.25) is 0 Å². The zero-order valence-corrected chi connectivity index (χ0v) is 14.9. The summed E-state index contributed by atoms with van der Waals surface area (Å²) in [5, 5.41) is 2.97. The van der Waals surface area contributed by atoms with E-state index < -0.39 is 12.5 Å². The Balaban J connectivity index is 1.62. The van der Waals surface area contributed by atoms with Crippen LogP contribution in [0.4, 0.5) is 13.9 Å². The van der Waals surface area contributed by atoms with Gasteiger partial charge in [-0.2, -0.15) is 8.78 Å². The first-order valence-electron chi connectivity index (χ1n) is 8.05. The highest BCUT2D eigenvalue weighted by Gasteiger charge is 2.20. The maximum atomic E-state index is 12.5. The van der Waals surface area contributed by atoms with Crippen molar-refractivity contribution in [3.8, 4) is 27.8 Å². The molecule has 1 N–H and O–H groups in total. The van der Waals surface area contributed by atoms with Crippen molar-refractivity contribution in [1.29, 1.82) is 0 Å². The summed E-state index contributed by atoms with van der Waals surface area (Å²) in [6.07, 6.45) is 3.06. The third kappa shape index (κ3) is 3.79. The van der Waals surface area contributed by atoms with Crippen molar-refractivity contribution in [2.75, 3.05) is 5.32 Å². The number of anilines is 1. The summed E-state index contributed by atoms with van der Waals surface area (Å²) in [5.41, 5.74) is 0.683. The van der Waals surface area contributed by atoms with Crippen LogP contribution in [0.5, 0.6) is 5.75 Å². The molecule has 0 atom stereocenters. The number of ether oxygens (including phenoxy) is 1. The number of furan rings is 2. The van der Waals surface area contributed by atoms with Gasteiger partial charge in [-0.1, -0.05) is 17.4 Å².